The van der Waals surface area contributed by atoms with Gasteiger partial charge in [0.1, 0.15) is 6.61 Å². The highest BCUT2D eigenvalue weighted by atomic mass is 16.5. The van der Waals surface area contributed by atoms with Gasteiger partial charge in [-0.1, -0.05) is 32.9 Å². The van der Waals surface area contributed by atoms with E-state index in [4.69, 9.17) is 9.72 Å². The molecule has 3 heterocycles. The number of benzene rings is 1. The molecular formula is C22H30N6O2. The number of ether oxygens (including phenoxy) is 1. The summed E-state index contributed by atoms with van der Waals surface area (Å²) in [6.45, 7) is 10.9. The van der Waals surface area contributed by atoms with E-state index in [1.54, 1.807) is 7.11 Å². The number of hydrogen-bond acceptors (Lipinski definition) is 6. The molecule has 0 radical (unpaired) electrons. The quantitative estimate of drug-likeness (QED) is 0.658. The number of anilines is 1. The van der Waals surface area contributed by atoms with Crippen molar-refractivity contribution in [1.29, 1.82) is 0 Å². The monoisotopic (exact) mass is 410 g/mol. The van der Waals surface area contributed by atoms with Gasteiger partial charge in [0.2, 0.25) is 11.9 Å². The molecule has 1 aliphatic heterocycles. The fourth-order valence-corrected chi connectivity index (χ4v) is 4.12. The fourth-order valence-electron chi connectivity index (χ4n) is 4.12. The highest BCUT2D eigenvalue weighted by Crippen LogP contribution is 2.27. The maximum atomic E-state index is 12.8. The number of carbonyl (C=O) groups is 1. The van der Waals surface area contributed by atoms with Crippen LogP contribution in [0.2, 0.25) is 0 Å². The Bertz CT molecular complexity index is 1070. The number of carbonyl (C=O) groups excluding carboxylic acids is 1. The highest BCUT2D eigenvalue weighted by Gasteiger charge is 2.31. The van der Waals surface area contributed by atoms with Gasteiger partial charge in [0.25, 0.3) is 0 Å². The Morgan fingerprint density at radius 3 is 2.67 bits per heavy atom. The third-order valence-corrected chi connectivity index (χ3v) is 5.48. The van der Waals surface area contributed by atoms with E-state index in [-0.39, 0.29) is 17.4 Å². The lowest BCUT2D eigenvalue weighted by molar-refractivity contribution is -0.135. The first kappa shape index (κ1) is 20.5. The summed E-state index contributed by atoms with van der Waals surface area (Å²) in [5.41, 5.74) is 1.65. The molecule has 1 aliphatic rings. The molecule has 1 saturated heterocycles. The predicted octanol–water partition coefficient (Wildman–Crippen LogP) is 2.90. The molecule has 1 aromatic carbocycles. The molecule has 3 aromatic rings. The van der Waals surface area contributed by atoms with Gasteiger partial charge in [-0.25, -0.2) is 9.38 Å². The van der Waals surface area contributed by atoms with Gasteiger partial charge in [-0.15, -0.1) is 10.2 Å². The summed E-state index contributed by atoms with van der Waals surface area (Å²) in [6.07, 6.45) is 0.555. The maximum Gasteiger partial charge on any atom is 0.223 e. The van der Waals surface area contributed by atoms with Gasteiger partial charge in [-0.2, -0.15) is 0 Å². The normalized spacial score (nSPS) is 17.8. The number of para-hydroxylation sites is 1. The van der Waals surface area contributed by atoms with E-state index in [0.29, 0.717) is 32.7 Å². The minimum atomic E-state index is -0.0163. The molecule has 0 aliphatic carbocycles. The van der Waals surface area contributed by atoms with Gasteiger partial charge >= 0.3 is 0 Å². The Hall–Kier alpha value is -2.74. The molecule has 8 nitrogen and oxygen atoms in total. The molecule has 160 valence electrons. The Morgan fingerprint density at radius 2 is 1.97 bits per heavy atom. The van der Waals surface area contributed by atoms with Crippen LogP contribution in [0, 0.1) is 5.41 Å². The third kappa shape index (κ3) is 3.84. The minimum absolute atomic E-state index is 0.0163. The molecule has 0 spiro atoms. The van der Waals surface area contributed by atoms with Gasteiger partial charge in [-0.3, -0.25) is 4.79 Å². The number of rotatable bonds is 4. The van der Waals surface area contributed by atoms with Crippen molar-refractivity contribution in [2.24, 2.45) is 5.41 Å². The Labute approximate surface area is 176 Å². The van der Waals surface area contributed by atoms with E-state index in [9.17, 15) is 4.79 Å². The van der Waals surface area contributed by atoms with Crippen molar-refractivity contribution in [3.8, 4) is 0 Å². The standard InChI is InChI=1S/C22H30N6O2/c1-15-13-26(10-11-27(15)19(29)12-22(2,3)4)21-23-17-9-7-6-8-16(17)20-25-24-18(14-30-5)28(20)21/h6-9,15H,10-14H2,1-5H3. The average Bonchev–Trinajstić information content (AvgIpc) is 3.10. The predicted molar refractivity (Wildman–Crippen MR) is 116 cm³/mol. The molecule has 1 amide bonds. The average molecular weight is 411 g/mol. The van der Waals surface area contributed by atoms with Crippen LogP contribution in [0.3, 0.4) is 0 Å². The van der Waals surface area contributed by atoms with Gasteiger partial charge < -0.3 is 14.5 Å². The van der Waals surface area contributed by atoms with Crippen LogP contribution >= 0.6 is 0 Å². The topological polar surface area (TPSA) is 75.9 Å². The van der Waals surface area contributed by atoms with E-state index in [1.807, 2.05) is 33.6 Å². The Morgan fingerprint density at radius 1 is 1.20 bits per heavy atom. The summed E-state index contributed by atoms with van der Waals surface area (Å²) in [5, 5.41) is 9.74. The van der Waals surface area contributed by atoms with Crippen LogP contribution in [-0.4, -0.2) is 63.2 Å². The zero-order chi connectivity index (χ0) is 21.5. The van der Waals surface area contributed by atoms with Crippen molar-refractivity contribution in [2.75, 3.05) is 31.6 Å². The lowest BCUT2D eigenvalue weighted by Crippen LogP contribution is -2.55. The summed E-state index contributed by atoms with van der Waals surface area (Å²) in [7, 11) is 1.65. The second kappa shape index (κ2) is 7.83. The summed E-state index contributed by atoms with van der Waals surface area (Å²) in [5.74, 6) is 1.74. The lowest BCUT2D eigenvalue weighted by atomic mass is 9.91. The van der Waals surface area contributed by atoms with E-state index >= 15 is 0 Å². The van der Waals surface area contributed by atoms with E-state index in [2.05, 4.69) is 42.8 Å². The number of fused-ring (bicyclic) bond motifs is 3. The number of piperazine rings is 1. The van der Waals surface area contributed by atoms with Crippen LogP contribution in [0.4, 0.5) is 5.95 Å². The number of hydrogen-bond donors (Lipinski definition) is 0. The first-order valence-electron chi connectivity index (χ1n) is 10.4. The van der Waals surface area contributed by atoms with Crippen LogP contribution in [0.1, 0.15) is 39.9 Å². The largest absolute Gasteiger partial charge is 0.377 e. The number of aromatic nitrogens is 4. The van der Waals surface area contributed by atoms with E-state index in [1.165, 1.54) is 0 Å². The smallest absolute Gasteiger partial charge is 0.223 e. The molecule has 2 aromatic heterocycles. The van der Waals surface area contributed by atoms with Crippen LogP contribution in [-0.2, 0) is 16.1 Å². The summed E-state index contributed by atoms with van der Waals surface area (Å²) in [4.78, 5) is 22.0. The highest BCUT2D eigenvalue weighted by molar-refractivity contribution is 5.92. The zero-order valence-corrected chi connectivity index (χ0v) is 18.4. The van der Waals surface area contributed by atoms with Crippen molar-refractivity contribution in [1.82, 2.24) is 24.5 Å². The van der Waals surface area contributed by atoms with Crippen molar-refractivity contribution in [3.63, 3.8) is 0 Å². The second-order valence-corrected chi connectivity index (χ2v) is 9.26. The van der Waals surface area contributed by atoms with Crippen molar-refractivity contribution in [2.45, 2.75) is 46.8 Å². The Kier molecular flexibility index (Phi) is 5.36. The minimum Gasteiger partial charge on any atom is -0.377 e. The van der Waals surface area contributed by atoms with Gasteiger partial charge in [0, 0.05) is 44.6 Å². The summed E-state index contributed by atoms with van der Waals surface area (Å²) in [6, 6.07) is 8.07. The molecular weight excluding hydrogens is 380 g/mol. The first-order chi connectivity index (χ1) is 14.3. The number of nitrogens with zero attached hydrogens (tertiary/aromatic N) is 6. The summed E-state index contributed by atoms with van der Waals surface area (Å²) < 4.78 is 7.33. The van der Waals surface area contributed by atoms with Crippen molar-refractivity contribution < 1.29 is 9.53 Å². The molecule has 1 atom stereocenters. The molecule has 8 heteroatoms. The molecule has 0 N–H and O–H groups in total. The van der Waals surface area contributed by atoms with Crippen LogP contribution in [0.5, 0.6) is 0 Å². The van der Waals surface area contributed by atoms with Crippen LogP contribution in [0.25, 0.3) is 16.6 Å². The molecule has 1 fully saturated rings. The maximum absolute atomic E-state index is 12.8. The van der Waals surface area contributed by atoms with Gasteiger partial charge in [-0.05, 0) is 24.5 Å². The molecule has 30 heavy (non-hydrogen) atoms. The van der Waals surface area contributed by atoms with Crippen LogP contribution < -0.4 is 4.90 Å². The Balaban J connectivity index is 1.69. The van der Waals surface area contributed by atoms with Crippen LogP contribution in [0.15, 0.2) is 24.3 Å². The molecule has 0 saturated carbocycles. The lowest BCUT2D eigenvalue weighted by Gasteiger charge is -2.41. The zero-order valence-electron chi connectivity index (χ0n) is 18.4. The number of amides is 1. The molecule has 1 unspecified atom stereocenters. The number of methoxy groups -OCH3 is 1. The van der Waals surface area contributed by atoms with Crippen molar-refractivity contribution in [3.05, 3.63) is 30.1 Å². The van der Waals surface area contributed by atoms with Crippen molar-refractivity contribution >= 4 is 28.4 Å². The van der Waals surface area contributed by atoms with E-state index in [0.717, 1.165) is 28.3 Å². The molecule has 4 rings (SSSR count). The fraction of sp³-hybridized carbons (Fsp3) is 0.545. The SMILES string of the molecule is COCc1nnc2c3ccccc3nc(N3CCN(C(=O)CC(C)(C)C)C(C)C3)n12. The van der Waals surface area contributed by atoms with Gasteiger partial charge in [0.15, 0.2) is 11.5 Å². The third-order valence-electron chi connectivity index (χ3n) is 5.48. The first-order valence-corrected chi connectivity index (χ1v) is 10.4. The summed E-state index contributed by atoms with van der Waals surface area (Å²) >= 11 is 0. The molecule has 0 bridgehead atoms. The van der Waals surface area contributed by atoms with Gasteiger partial charge in [0.05, 0.1) is 5.52 Å². The van der Waals surface area contributed by atoms with E-state index < -0.39 is 0 Å². The second-order valence-electron chi connectivity index (χ2n) is 9.26.